The summed E-state index contributed by atoms with van der Waals surface area (Å²) in [5, 5.41) is 0. The number of rotatable bonds is 5. The number of amides is 1. The number of ether oxygens (including phenoxy) is 2. The van der Waals surface area contributed by atoms with Gasteiger partial charge in [0.15, 0.2) is 11.5 Å². The lowest BCUT2D eigenvalue weighted by Gasteiger charge is -2.35. The number of fused-ring (bicyclic) bond motifs is 1. The maximum absolute atomic E-state index is 13.3. The number of likely N-dealkylation sites (tertiary alicyclic amines) is 1. The third-order valence-electron chi connectivity index (χ3n) is 7.16. The van der Waals surface area contributed by atoms with Crippen LogP contribution in [0.5, 0.6) is 11.5 Å². The van der Waals surface area contributed by atoms with E-state index >= 15 is 0 Å². The molecule has 2 saturated heterocycles. The van der Waals surface area contributed by atoms with Crippen LogP contribution in [0.1, 0.15) is 35.6 Å². The van der Waals surface area contributed by atoms with Crippen molar-refractivity contribution in [3.8, 4) is 11.5 Å². The van der Waals surface area contributed by atoms with E-state index in [2.05, 4.69) is 4.90 Å². The van der Waals surface area contributed by atoms with Gasteiger partial charge in [-0.1, -0.05) is 23.8 Å². The van der Waals surface area contributed by atoms with E-state index in [1.165, 1.54) is 0 Å². The second kappa shape index (κ2) is 9.79. The smallest absolute Gasteiger partial charge is 0.243 e. The topological polar surface area (TPSA) is 79.4 Å². The summed E-state index contributed by atoms with van der Waals surface area (Å²) in [6.07, 6.45) is 1.89. The van der Waals surface area contributed by atoms with Crippen molar-refractivity contribution in [2.24, 2.45) is 0 Å². The summed E-state index contributed by atoms with van der Waals surface area (Å²) in [7, 11) is -3.54. The number of carbonyl (C=O) groups is 1. The Morgan fingerprint density at radius 3 is 2.43 bits per heavy atom. The van der Waals surface area contributed by atoms with E-state index in [1.54, 1.807) is 10.4 Å². The predicted molar refractivity (Wildman–Crippen MR) is 132 cm³/mol. The molecule has 8 nitrogen and oxygen atoms in total. The summed E-state index contributed by atoms with van der Waals surface area (Å²) in [4.78, 5) is 17.7. The molecule has 35 heavy (non-hydrogen) atoms. The number of nitrogens with zero attached hydrogens (tertiary/aromatic N) is 3. The molecule has 1 atom stereocenters. The van der Waals surface area contributed by atoms with Gasteiger partial charge in [0, 0.05) is 32.7 Å². The number of hydrogen-bond acceptors (Lipinski definition) is 6. The van der Waals surface area contributed by atoms with Crippen LogP contribution < -0.4 is 9.47 Å². The fraction of sp³-hybridized carbons (Fsp3) is 0.500. The van der Waals surface area contributed by atoms with E-state index in [0.29, 0.717) is 50.8 Å². The summed E-state index contributed by atoms with van der Waals surface area (Å²) >= 11 is 0. The fourth-order valence-corrected chi connectivity index (χ4v) is 6.94. The largest absolute Gasteiger partial charge is 0.486 e. The van der Waals surface area contributed by atoms with Gasteiger partial charge in [-0.2, -0.15) is 4.31 Å². The van der Waals surface area contributed by atoms with Crippen LogP contribution in [0, 0.1) is 13.8 Å². The van der Waals surface area contributed by atoms with Crippen molar-refractivity contribution in [3.63, 3.8) is 0 Å². The molecule has 0 bridgehead atoms. The van der Waals surface area contributed by atoms with Crippen molar-refractivity contribution >= 4 is 15.9 Å². The van der Waals surface area contributed by atoms with Gasteiger partial charge in [-0.25, -0.2) is 8.42 Å². The molecule has 0 aromatic heterocycles. The minimum Gasteiger partial charge on any atom is -0.486 e. The first-order valence-corrected chi connectivity index (χ1v) is 13.8. The van der Waals surface area contributed by atoms with Crippen LogP contribution in [0.15, 0.2) is 41.3 Å². The Kier molecular flexibility index (Phi) is 6.74. The quantitative estimate of drug-likeness (QED) is 0.630. The molecule has 3 aliphatic rings. The number of piperazine rings is 1. The normalized spacial score (nSPS) is 21.3. The van der Waals surface area contributed by atoms with Gasteiger partial charge in [-0.3, -0.25) is 9.69 Å². The van der Waals surface area contributed by atoms with Crippen LogP contribution in [-0.4, -0.2) is 80.9 Å². The first-order chi connectivity index (χ1) is 16.8. The van der Waals surface area contributed by atoms with E-state index in [9.17, 15) is 13.2 Å². The maximum Gasteiger partial charge on any atom is 0.243 e. The third-order valence-corrected chi connectivity index (χ3v) is 9.22. The SMILES string of the molecule is Cc1ccc(S(=O)(=O)N2CCN(CC(=O)N3CCCC3c3ccc4c(c3)OCCO4)CC2)c(C)c1. The molecule has 0 spiro atoms. The molecule has 0 saturated carbocycles. The van der Waals surface area contributed by atoms with Crippen LogP contribution >= 0.6 is 0 Å². The van der Waals surface area contributed by atoms with Gasteiger partial charge in [-0.15, -0.1) is 0 Å². The summed E-state index contributed by atoms with van der Waals surface area (Å²) in [6.45, 7) is 7.77. The highest BCUT2D eigenvalue weighted by molar-refractivity contribution is 7.89. The highest BCUT2D eigenvalue weighted by Crippen LogP contribution is 2.38. The Labute approximate surface area is 207 Å². The summed E-state index contributed by atoms with van der Waals surface area (Å²) < 4.78 is 39.2. The monoisotopic (exact) mass is 499 g/mol. The summed E-state index contributed by atoms with van der Waals surface area (Å²) in [5.41, 5.74) is 2.88. The van der Waals surface area contributed by atoms with Gasteiger partial charge in [0.2, 0.25) is 15.9 Å². The van der Waals surface area contributed by atoms with Gasteiger partial charge in [-0.05, 0) is 56.0 Å². The van der Waals surface area contributed by atoms with E-state index in [1.807, 2.05) is 49.1 Å². The molecule has 1 amide bonds. The molecule has 0 N–H and O–H groups in total. The molecule has 0 radical (unpaired) electrons. The number of sulfonamides is 1. The van der Waals surface area contributed by atoms with Crippen molar-refractivity contribution < 1.29 is 22.7 Å². The zero-order valence-electron chi connectivity index (χ0n) is 20.4. The lowest BCUT2D eigenvalue weighted by molar-refractivity contribution is -0.133. The van der Waals surface area contributed by atoms with Crippen LogP contribution in [-0.2, 0) is 14.8 Å². The van der Waals surface area contributed by atoms with Gasteiger partial charge < -0.3 is 14.4 Å². The Bertz CT molecular complexity index is 1210. The number of hydrogen-bond donors (Lipinski definition) is 0. The summed E-state index contributed by atoms with van der Waals surface area (Å²) in [5.74, 6) is 1.59. The number of carbonyl (C=O) groups excluding carboxylic acids is 1. The molecule has 2 aromatic carbocycles. The molecule has 2 aromatic rings. The Morgan fingerprint density at radius 2 is 1.69 bits per heavy atom. The minimum absolute atomic E-state index is 0.0319. The second-order valence-electron chi connectivity index (χ2n) is 9.60. The number of aryl methyl sites for hydroxylation is 2. The van der Waals surface area contributed by atoms with Gasteiger partial charge >= 0.3 is 0 Å². The molecule has 5 rings (SSSR count). The van der Waals surface area contributed by atoms with E-state index in [0.717, 1.165) is 47.6 Å². The van der Waals surface area contributed by atoms with E-state index < -0.39 is 10.0 Å². The molecule has 0 aliphatic carbocycles. The third kappa shape index (κ3) is 4.90. The van der Waals surface area contributed by atoms with E-state index in [4.69, 9.17) is 9.47 Å². The van der Waals surface area contributed by atoms with Gasteiger partial charge in [0.1, 0.15) is 13.2 Å². The molecule has 3 aliphatic heterocycles. The Morgan fingerprint density at radius 1 is 0.943 bits per heavy atom. The van der Waals surface area contributed by atoms with Crippen LogP contribution in [0.3, 0.4) is 0 Å². The first-order valence-electron chi connectivity index (χ1n) is 12.3. The lowest BCUT2D eigenvalue weighted by atomic mass is 10.0. The molecular formula is C26H33N3O5S. The molecule has 1 unspecified atom stereocenters. The van der Waals surface area contributed by atoms with Crippen molar-refractivity contribution in [2.75, 3.05) is 52.5 Å². The minimum atomic E-state index is -3.54. The average molecular weight is 500 g/mol. The highest BCUT2D eigenvalue weighted by atomic mass is 32.2. The first kappa shape index (κ1) is 24.1. The zero-order chi connectivity index (χ0) is 24.6. The number of benzene rings is 2. The van der Waals surface area contributed by atoms with Crippen LogP contribution in [0.4, 0.5) is 0 Å². The van der Waals surface area contributed by atoms with Crippen molar-refractivity contribution in [2.45, 2.75) is 37.6 Å². The molecular weight excluding hydrogens is 466 g/mol. The Balaban J connectivity index is 1.20. The van der Waals surface area contributed by atoms with Gasteiger partial charge in [0.25, 0.3) is 0 Å². The Hall–Kier alpha value is -2.62. The molecule has 188 valence electrons. The van der Waals surface area contributed by atoms with Gasteiger partial charge in [0.05, 0.1) is 17.5 Å². The molecule has 2 fully saturated rings. The highest BCUT2D eigenvalue weighted by Gasteiger charge is 2.34. The molecule has 3 heterocycles. The summed E-state index contributed by atoms with van der Waals surface area (Å²) in [6, 6.07) is 11.4. The van der Waals surface area contributed by atoms with Crippen molar-refractivity contribution in [1.29, 1.82) is 0 Å². The van der Waals surface area contributed by atoms with Crippen LogP contribution in [0.2, 0.25) is 0 Å². The average Bonchev–Trinajstić information content (AvgIpc) is 3.34. The van der Waals surface area contributed by atoms with Crippen LogP contribution in [0.25, 0.3) is 0 Å². The second-order valence-corrected chi connectivity index (χ2v) is 11.5. The maximum atomic E-state index is 13.3. The van der Waals surface area contributed by atoms with Crippen molar-refractivity contribution in [3.05, 3.63) is 53.1 Å². The lowest BCUT2D eigenvalue weighted by Crippen LogP contribution is -2.51. The fourth-order valence-electron chi connectivity index (χ4n) is 5.32. The predicted octanol–water partition coefficient (Wildman–Crippen LogP) is 2.74. The molecule has 9 heteroatoms. The standard InChI is InChI=1S/C26H33N3O5S/c1-19-5-8-25(20(2)16-19)35(31,32)28-12-10-27(11-13-28)18-26(30)29-9-3-4-22(29)21-6-7-23-24(17-21)34-15-14-33-23/h5-8,16-17,22H,3-4,9-15,18H2,1-2H3. The van der Waals surface area contributed by atoms with Crippen molar-refractivity contribution in [1.82, 2.24) is 14.1 Å². The van der Waals surface area contributed by atoms with E-state index in [-0.39, 0.29) is 11.9 Å². The zero-order valence-corrected chi connectivity index (χ0v) is 21.2.